The zero-order chi connectivity index (χ0) is 14.1. The lowest BCUT2D eigenvalue weighted by Gasteiger charge is -2.27. The minimum Gasteiger partial charge on any atom is -0.341 e. The first kappa shape index (κ1) is 14.0. The number of rotatable bonds is 3. The second-order valence-corrected chi connectivity index (χ2v) is 6.52. The fourth-order valence-electron chi connectivity index (χ4n) is 3.35. The van der Waals surface area contributed by atoms with Crippen LogP contribution in [0.15, 0.2) is 24.3 Å². The van der Waals surface area contributed by atoms with Gasteiger partial charge in [-0.1, -0.05) is 24.1 Å². The Morgan fingerprint density at radius 3 is 2.60 bits per heavy atom. The van der Waals surface area contributed by atoms with Crippen molar-refractivity contribution in [3.05, 3.63) is 35.0 Å². The fourth-order valence-corrected chi connectivity index (χ4v) is 3.57. The van der Waals surface area contributed by atoms with Gasteiger partial charge in [0.2, 0.25) is 0 Å². The predicted molar refractivity (Wildman–Crippen MR) is 86.5 cm³/mol. The van der Waals surface area contributed by atoms with Crippen LogP contribution >= 0.6 is 11.6 Å². The maximum Gasteiger partial charge on any atom is 0.0500 e. The summed E-state index contributed by atoms with van der Waals surface area (Å²) >= 11 is 6.36. The molecule has 0 amide bonds. The molecule has 1 aromatic heterocycles. The summed E-state index contributed by atoms with van der Waals surface area (Å²) in [6, 6.07) is 8.96. The van der Waals surface area contributed by atoms with E-state index >= 15 is 0 Å². The summed E-state index contributed by atoms with van der Waals surface area (Å²) in [7, 11) is 0. The van der Waals surface area contributed by atoms with Gasteiger partial charge in [-0.3, -0.25) is 4.90 Å². The van der Waals surface area contributed by atoms with Crippen LogP contribution in [-0.4, -0.2) is 22.6 Å². The van der Waals surface area contributed by atoms with Crippen molar-refractivity contribution in [2.75, 3.05) is 13.1 Å². The van der Waals surface area contributed by atoms with Crippen molar-refractivity contribution in [3.63, 3.8) is 0 Å². The van der Waals surface area contributed by atoms with Gasteiger partial charge in [0.05, 0.1) is 0 Å². The average Bonchev–Trinajstić information content (AvgIpc) is 2.79. The Morgan fingerprint density at radius 1 is 1.15 bits per heavy atom. The lowest BCUT2D eigenvalue weighted by molar-refractivity contribution is 0.215. The normalized spacial score (nSPS) is 17.2. The van der Waals surface area contributed by atoms with Crippen LogP contribution in [-0.2, 0) is 6.54 Å². The van der Waals surface area contributed by atoms with Crippen molar-refractivity contribution in [1.29, 1.82) is 0 Å². The third-order valence-corrected chi connectivity index (χ3v) is 4.59. The number of piperidine rings is 1. The molecule has 2 nitrogen and oxygen atoms in total. The van der Waals surface area contributed by atoms with E-state index in [1.165, 1.54) is 48.9 Å². The smallest absolute Gasteiger partial charge is 0.0500 e. The minimum absolute atomic E-state index is 0.464. The maximum atomic E-state index is 6.36. The molecule has 2 aromatic rings. The highest BCUT2D eigenvalue weighted by molar-refractivity contribution is 6.35. The standard InChI is InChI=1S/C17H23ClN2/c1-13(2)20-14(12-19-9-4-3-5-10-19)11-15-16(18)7-6-8-17(15)20/h6-8,11,13H,3-5,9-10,12H2,1-2H3. The Bertz CT molecular complexity index is 594. The highest BCUT2D eigenvalue weighted by Crippen LogP contribution is 2.30. The second-order valence-electron chi connectivity index (χ2n) is 6.11. The van der Waals surface area contributed by atoms with Gasteiger partial charge in [0, 0.05) is 34.2 Å². The monoisotopic (exact) mass is 290 g/mol. The number of hydrogen-bond donors (Lipinski definition) is 0. The number of benzene rings is 1. The molecule has 20 heavy (non-hydrogen) atoms. The van der Waals surface area contributed by atoms with Crippen LogP contribution in [0.25, 0.3) is 10.9 Å². The van der Waals surface area contributed by atoms with E-state index in [2.05, 4.69) is 35.4 Å². The number of nitrogens with zero attached hydrogens (tertiary/aromatic N) is 2. The van der Waals surface area contributed by atoms with E-state index in [1.54, 1.807) is 0 Å². The lowest BCUT2D eigenvalue weighted by Crippen LogP contribution is -2.30. The van der Waals surface area contributed by atoms with E-state index in [9.17, 15) is 0 Å². The first-order valence-electron chi connectivity index (χ1n) is 7.67. The quantitative estimate of drug-likeness (QED) is 0.783. The Hall–Kier alpha value is -0.990. The summed E-state index contributed by atoms with van der Waals surface area (Å²) in [5.74, 6) is 0. The van der Waals surface area contributed by atoms with Crippen LogP contribution in [0.5, 0.6) is 0 Å². The number of likely N-dealkylation sites (tertiary alicyclic amines) is 1. The van der Waals surface area contributed by atoms with E-state index in [4.69, 9.17) is 11.6 Å². The highest BCUT2D eigenvalue weighted by Gasteiger charge is 2.17. The zero-order valence-corrected chi connectivity index (χ0v) is 13.2. The SMILES string of the molecule is CC(C)n1c(CN2CCCCC2)cc2c(Cl)cccc21. The Labute approximate surface area is 126 Å². The van der Waals surface area contributed by atoms with Crippen molar-refractivity contribution in [2.45, 2.75) is 45.7 Å². The Morgan fingerprint density at radius 2 is 1.90 bits per heavy atom. The Balaban J connectivity index is 2.00. The van der Waals surface area contributed by atoms with Gasteiger partial charge < -0.3 is 4.57 Å². The molecule has 0 radical (unpaired) electrons. The topological polar surface area (TPSA) is 8.17 Å². The molecule has 1 saturated heterocycles. The number of fused-ring (bicyclic) bond motifs is 1. The van der Waals surface area contributed by atoms with E-state index in [0.717, 1.165) is 11.6 Å². The summed E-state index contributed by atoms with van der Waals surface area (Å²) in [6.45, 7) is 8.00. The first-order chi connectivity index (χ1) is 9.66. The minimum atomic E-state index is 0.464. The molecule has 0 bridgehead atoms. The summed E-state index contributed by atoms with van der Waals surface area (Å²) in [5.41, 5.74) is 2.66. The molecule has 1 aliphatic heterocycles. The zero-order valence-electron chi connectivity index (χ0n) is 12.4. The van der Waals surface area contributed by atoms with Gasteiger partial charge in [-0.25, -0.2) is 0 Å². The summed E-state index contributed by atoms with van der Waals surface area (Å²) in [4.78, 5) is 2.57. The van der Waals surface area contributed by atoms with Gasteiger partial charge >= 0.3 is 0 Å². The molecule has 0 atom stereocenters. The van der Waals surface area contributed by atoms with Gasteiger partial charge in [-0.2, -0.15) is 0 Å². The van der Waals surface area contributed by atoms with E-state index in [-0.39, 0.29) is 0 Å². The van der Waals surface area contributed by atoms with Gasteiger partial charge in [0.25, 0.3) is 0 Å². The molecule has 1 aliphatic rings. The highest BCUT2D eigenvalue weighted by atomic mass is 35.5. The molecule has 108 valence electrons. The van der Waals surface area contributed by atoms with Crippen LogP contribution in [0.3, 0.4) is 0 Å². The summed E-state index contributed by atoms with van der Waals surface area (Å²) < 4.78 is 2.44. The predicted octanol–water partition coefficient (Wildman–Crippen LogP) is 4.86. The van der Waals surface area contributed by atoms with Gasteiger partial charge in [0.15, 0.2) is 0 Å². The molecule has 3 heteroatoms. The molecule has 1 aromatic carbocycles. The Kier molecular flexibility index (Phi) is 4.04. The number of aromatic nitrogens is 1. The molecule has 0 aliphatic carbocycles. The van der Waals surface area contributed by atoms with Crippen LogP contribution < -0.4 is 0 Å². The third kappa shape index (κ3) is 2.59. The van der Waals surface area contributed by atoms with Gasteiger partial charge in [-0.05, 0) is 58.0 Å². The van der Waals surface area contributed by atoms with E-state index in [0.29, 0.717) is 6.04 Å². The van der Waals surface area contributed by atoms with E-state index in [1.807, 2.05) is 12.1 Å². The van der Waals surface area contributed by atoms with Gasteiger partial charge in [0.1, 0.15) is 0 Å². The van der Waals surface area contributed by atoms with Crippen molar-refractivity contribution in [3.8, 4) is 0 Å². The second kappa shape index (κ2) is 5.79. The molecular weight excluding hydrogens is 268 g/mol. The molecule has 0 unspecified atom stereocenters. The first-order valence-corrected chi connectivity index (χ1v) is 8.05. The van der Waals surface area contributed by atoms with Crippen LogP contribution in [0.2, 0.25) is 5.02 Å². The van der Waals surface area contributed by atoms with Crippen LogP contribution in [0.1, 0.15) is 44.8 Å². The van der Waals surface area contributed by atoms with Crippen LogP contribution in [0.4, 0.5) is 0 Å². The van der Waals surface area contributed by atoms with Gasteiger partial charge in [-0.15, -0.1) is 0 Å². The lowest BCUT2D eigenvalue weighted by atomic mass is 10.1. The molecule has 1 fully saturated rings. The van der Waals surface area contributed by atoms with Crippen LogP contribution in [0, 0.1) is 0 Å². The van der Waals surface area contributed by atoms with Crippen molar-refractivity contribution < 1.29 is 0 Å². The molecule has 0 spiro atoms. The maximum absolute atomic E-state index is 6.36. The summed E-state index contributed by atoms with van der Waals surface area (Å²) in [6.07, 6.45) is 4.06. The third-order valence-electron chi connectivity index (χ3n) is 4.26. The number of halogens is 1. The molecule has 2 heterocycles. The van der Waals surface area contributed by atoms with E-state index < -0.39 is 0 Å². The summed E-state index contributed by atoms with van der Waals surface area (Å²) in [5, 5.41) is 2.05. The molecule has 0 saturated carbocycles. The average molecular weight is 291 g/mol. The van der Waals surface area contributed by atoms with Crippen molar-refractivity contribution >= 4 is 22.5 Å². The van der Waals surface area contributed by atoms with Crippen molar-refractivity contribution in [2.24, 2.45) is 0 Å². The largest absolute Gasteiger partial charge is 0.341 e. The molecule has 3 rings (SSSR count). The fraction of sp³-hybridized carbons (Fsp3) is 0.529. The van der Waals surface area contributed by atoms with Crippen molar-refractivity contribution in [1.82, 2.24) is 9.47 Å². The molecular formula is C17H23ClN2. The molecule has 0 N–H and O–H groups in total. The number of hydrogen-bond acceptors (Lipinski definition) is 1.